The van der Waals surface area contributed by atoms with Crippen molar-refractivity contribution >= 4 is 39.7 Å². The second kappa shape index (κ2) is 7.58. The molecule has 2 aromatic carbocycles. The minimum absolute atomic E-state index is 0.136. The third-order valence-corrected chi connectivity index (χ3v) is 5.90. The topological polar surface area (TPSA) is 116 Å². The standard InChI is InChI=1S/C21H21N3O5S/c1-30(28,29)23-15-11-19-20(26)22-18-9-6-14(10-17(18)21(27)24(19)12-15)3-2-13-4-7-16(25)8-5-13/h2-10,15,19,23,25H,11-12H2,1H3,(H,22,26)/t15-,19-/m1/s1. The number of carbonyl (C=O) groups is 2. The number of aromatic hydroxyl groups is 1. The molecule has 8 nitrogen and oxygen atoms in total. The van der Waals surface area contributed by atoms with Crippen LogP contribution in [0.4, 0.5) is 5.69 Å². The van der Waals surface area contributed by atoms with Crippen LogP contribution in [0.25, 0.3) is 12.2 Å². The van der Waals surface area contributed by atoms with Gasteiger partial charge in [-0.1, -0.05) is 30.4 Å². The fourth-order valence-corrected chi connectivity index (χ4v) is 4.57. The van der Waals surface area contributed by atoms with E-state index in [1.54, 1.807) is 42.5 Å². The molecule has 0 saturated carbocycles. The van der Waals surface area contributed by atoms with E-state index in [1.807, 2.05) is 12.2 Å². The van der Waals surface area contributed by atoms with Gasteiger partial charge in [0.15, 0.2) is 0 Å². The van der Waals surface area contributed by atoms with E-state index in [9.17, 15) is 23.1 Å². The van der Waals surface area contributed by atoms with E-state index < -0.39 is 22.1 Å². The van der Waals surface area contributed by atoms with Gasteiger partial charge in [0, 0.05) is 12.6 Å². The van der Waals surface area contributed by atoms with Crippen molar-refractivity contribution in [1.82, 2.24) is 9.62 Å². The third kappa shape index (κ3) is 4.22. The SMILES string of the molecule is CS(=O)(=O)N[C@@H]1C[C@@H]2C(=O)Nc3ccc(C=Cc4ccc(O)cc4)cc3C(=O)N2C1. The van der Waals surface area contributed by atoms with Gasteiger partial charge >= 0.3 is 0 Å². The van der Waals surface area contributed by atoms with Crippen LogP contribution in [-0.4, -0.2) is 55.1 Å². The molecular weight excluding hydrogens is 406 g/mol. The number of hydrogen-bond donors (Lipinski definition) is 3. The molecule has 2 aromatic rings. The number of hydrogen-bond acceptors (Lipinski definition) is 5. The zero-order chi connectivity index (χ0) is 21.5. The summed E-state index contributed by atoms with van der Waals surface area (Å²) in [7, 11) is -3.44. The monoisotopic (exact) mass is 427 g/mol. The van der Waals surface area contributed by atoms with Gasteiger partial charge in [-0.25, -0.2) is 13.1 Å². The molecule has 2 heterocycles. The summed E-state index contributed by atoms with van der Waals surface area (Å²) in [6.07, 6.45) is 4.97. The summed E-state index contributed by atoms with van der Waals surface area (Å²) >= 11 is 0. The number of phenolic OH excluding ortho intramolecular Hbond substituents is 1. The van der Waals surface area contributed by atoms with Crippen molar-refractivity contribution in [2.75, 3.05) is 18.1 Å². The van der Waals surface area contributed by atoms with Crippen molar-refractivity contribution in [3.63, 3.8) is 0 Å². The predicted octanol–water partition coefficient (Wildman–Crippen LogP) is 1.65. The lowest BCUT2D eigenvalue weighted by Crippen LogP contribution is -2.41. The Morgan fingerprint density at radius 3 is 2.47 bits per heavy atom. The molecule has 4 rings (SSSR count). The number of anilines is 1. The van der Waals surface area contributed by atoms with Crippen LogP contribution in [0.15, 0.2) is 42.5 Å². The molecule has 30 heavy (non-hydrogen) atoms. The van der Waals surface area contributed by atoms with Crippen LogP contribution in [0.3, 0.4) is 0 Å². The zero-order valence-corrected chi connectivity index (χ0v) is 17.0. The summed E-state index contributed by atoms with van der Waals surface area (Å²) in [5.41, 5.74) is 2.46. The molecule has 1 fully saturated rings. The number of fused-ring (bicyclic) bond motifs is 2. The number of carbonyl (C=O) groups excluding carboxylic acids is 2. The minimum atomic E-state index is -3.44. The van der Waals surface area contributed by atoms with Gasteiger partial charge in [0.2, 0.25) is 15.9 Å². The summed E-state index contributed by atoms with van der Waals surface area (Å²) in [4.78, 5) is 27.2. The van der Waals surface area contributed by atoms with Crippen LogP contribution >= 0.6 is 0 Å². The Bertz CT molecular complexity index is 1140. The lowest BCUT2D eigenvalue weighted by atomic mass is 10.1. The fraction of sp³-hybridized carbons (Fsp3) is 0.238. The van der Waals surface area contributed by atoms with Gasteiger partial charge in [-0.3, -0.25) is 9.59 Å². The molecule has 1 saturated heterocycles. The van der Waals surface area contributed by atoms with E-state index in [0.717, 1.165) is 17.4 Å². The molecule has 0 spiro atoms. The molecule has 2 atom stereocenters. The molecule has 2 aliphatic heterocycles. The Morgan fingerprint density at radius 2 is 1.77 bits per heavy atom. The van der Waals surface area contributed by atoms with Crippen molar-refractivity contribution in [2.24, 2.45) is 0 Å². The maximum absolute atomic E-state index is 13.1. The van der Waals surface area contributed by atoms with Gasteiger partial charge in [0.05, 0.1) is 17.5 Å². The fourth-order valence-electron chi connectivity index (χ4n) is 3.80. The van der Waals surface area contributed by atoms with E-state index in [2.05, 4.69) is 10.0 Å². The lowest BCUT2D eigenvalue weighted by molar-refractivity contribution is -0.119. The normalized spacial score (nSPS) is 21.3. The molecule has 3 N–H and O–H groups in total. The highest BCUT2D eigenvalue weighted by atomic mass is 32.2. The first-order chi connectivity index (χ1) is 14.2. The summed E-state index contributed by atoms with van der Waals surface area (Å²) in [6.45, 7) is 0.136. The number of rotatable bonds is 4. The van der Waals surface area contributed by atoms with Gasteiger partial charge in [0.25, 0.3) is 5.91 Å². The summed E-state index contributed by atoms with van der Waals surface area (Å²) in [5, 5.41) is 12.2. The van der Waals surface area contributed by atoms with E-state index in [-0.39, 0.29) is 30.5 Å². The Hall–Kier alpha value is -3.17. The summed E-state index contributed by atoms with van der Waals surface area (Å²) < 4.78 is 25.6. The van der Waals surface area contributed by atoms with E-state index >= 15 is 0 Å². The van der Waals surface area contributed by atoms with Gasteiger partial charge in [0.1, 0.15) is 11.8 Å². The second-order valence-corrected chi connectivity index (χ2v) is 9.30. The quantitative estimate of drug-likeness (QED) is 0.642. The first-order valence-corrected chi connectivity index (χ1v) is 11.3. The van der Waals surface area contributed by atoms with Crippen molar-refractivity contribution in [2.45, 2.75) is 18.5 Å². The highest BCUT2D eigenvalue weighted by molar-refractivity contribution is 7.88. The predicted molar refractivity (Wildman–Crippen MR) is 113 cm³/mol. The van der Waals surface area contributed by atoms with E-state index in [4.69, 9.17) is 0 Å². The number of benzene rings is 2. The number of amides is 2. The van der Waals surface area contributed by atoms with Crippen molar-refractivity contribution in [3.8, 4) is 5.75 Å². The average Bonchev–Trinajstić information content (AvgIpc) is 3.06. The third-order valence-electron chi connectivity index (χ3n) is 5.14. The number of nitrogens with zero attached hydrogens (tertiary/aromatic N) is 1. The largest absolute Gasteiger partial charge is 0.508 e. The van der Waals surface area contributed by atoms with Crippen LogP contribution in [0.1, 0.15) is 27.9 Å². The average molecular weight is 427 g/mol. The highest BCUT2D eigenvalue weighted by Crippen LogP contribution is 2.30. The minimum Gasteiger partial charge on any atom is -0.508 e. The number of nitrogens with one attached hydrogen (secondary N) is 2. The Balaban J connectivity index is 1.60. The maximum atomic E-state index is 13.1. The molecule has 2 aliphatic rings. The van der Waals surface area contributed by atoms with Crippen LogP contribution in [0.5, 0.6) is 5.75 Å². The Kier molecular flexibility index (Phi) is 5.08. The Morgan fingerprint density at radius 1 is 1.10 bits per heavy atom. The smallest absolute Gasteiger partial charge is 0.256 e. The van der Waals surface area contributed by atoms with Crippen LogP contribution in [0, 0.1) is 0 Å². The molecule has 9 heteroatoms. The van der Waals surface area contributed by atoms with Crippen molar-refractivity contribution in [3.05, 3.63) is 59.2 Å². The van der Waals surface area contributed by atoms with Crippen LogP contribution in [-0.2, 0) is 14.8 Å². The van der Waals surface area contributed by atoms with Crippen molar-refractivity contribution < 1.29 is 23.1 Å². The first-order valence-electron chi connectivity index (χ1n) is 9.40. The summed E-state index contributed by atoms with van der Waals surface area (Å²) in [5.74, 6) is -0.458. The molecule has 0 aliphatic carbocycles. The highest BCUT2D eigenvalue weighted by Gasteiger charge is 2.43. The Labute approximate surface area is 174 Å². The molecule has 0 bridgehead atoms. The number of sulfonamides is 1. The molecular formula is C21H21N3O5S. The molecule has 0 aromatic heterocycles. The van der Waals surface area contributed by atoms with Gasteiger partial charge < -0.3 is 15.3 Å². The van der Waals surface area contributed by atoms with Gasteiger partial charge in [-0.2, -0.15) is 0 Å². The van der Waals surface area contributed by atoms with Crippen molar-refractivity contribution in [1.29, 1.82) is 0 Å². The molecule has 0 unspecified atom stereocenters. The van der Waals surface area contributed by atoms with Crippen LogP contribution < -0.4 is 10.0 Å². The second-order valence-electron chi connectivity index (χ2n) is 7.52. The van der Waals surface area contributed by atoms with E-state index in [0.29, 0.717) is 11.3 Å². The molecule has 0 radical (unpaired) electrons. The maximum Gasteiger partial charge on any atom is 0.256 e. The lowest BCUT2D eigenvalue weighted by Gasteiger charge is -2.20. The molecule has 156 valence electrons. The zero-order valence-electron chi connectivity index (χ0n) is 16.2. The number of phenols is 1. The van der Waals surface area contributed by atoms with Crippen LogP contribution in [0.2, 0.25) is 0 Å². The first kappa shape index (κ1) is 20.1. The van der Waals surface area contributed by atoms with E-state index in [1.165, 1.54) is 4.90 Å². The van der Waals surface area contributed by atoms with Gasteiger partial charge in [-0.15, -0.1) is 0 Å². The van der Waals surface area contributed by atoms with Gasteiger partial charge in [-0.05, 0) is 41.8 Å². The summed E-state index contributed by atoms with van der Waals surface area (Å²) in [6, 6.07) is 10.7. The molecule has 2 amide bonds.